The lowest BCUT2D eigenvalue weighted by molar-refractivity contribution is -0.128. The van der Waals surface area contributed by atoms with Gasteiger partial charge >= 0.3 is 0 Å². The summed E-state index contributed by atoms with van der Waals surface area (Å²) in [5, 5.41) is 0.405. The van der Waals surface area contributed by atoms with Crippen LogP contribution in [-0.4, -0.2) is 21.3 Å². The third-order valence-corrected chi connectivity index (χ3v) is 6.24. The zero-order chi connectivity index (χ0) is 12.6. The van der Waals surface area contributed by atoms with Crippen molar-refractivity contribution < 1.29 is 9.59 Å². The molecule has 0 radical (unpaired) electrons. The number of hydrogen-bond donors (Lipinski definition) is 0. The smallest absolute Gasteiger partial charge is 0.161 e. The van der Waals surface area contributed by atoms with Gasteiger partial charge < -0.3 is 0 Å². The third-order valence-electron chi connectivity index (χ3n) is 3.78. The zero-order valence-electron chi connectivity index (χ0n) is 8.34. The van der Waals surface area contributed by atoms with Crippen LogP contribution in [0.4, 0.5) is 0 Å². The highest BCUT2D eigenvalue weighted by atomic mass is 35.5. The van der Waals surface area contributed by atoms with Crippen LogP contribution in [0.25, 0.3) is 0 Å². The molecule has 3 aliphatic rings. The Labute approximate surface area is 118 Å². The maximum atomic E-state index is 11.9. The van der Waals surface area contributed by atoms with Crippen molar-refractivity contribution in [2.45, 2.75) is 16.2 Å². The molecule has 0 saturated heterocycles. The molecule has 3 aliphatic carbocycles. The molecule has 4 atom stereocenters. The average molecular weight is 312 g/mol. The van der Waals surface area contributed by atoms with Crippen molar-refractivity contribution in [2.24, 2.45) is 11.8 Å². The summed E-state index contributed by atoms with van der Waals surface area (Å²) in [5.41, 5.74) is 0. The summed E-state index contributed by atoms with van der Waals surface area (Å²) in [5.74, 6) is -1.83. The molecule has 1 fully saturated rings. The first-order chi connectivity index (χ1) is 7.82. The van der Waals surface area contributed by atoms with Crippen molar-refractivity contribution in [1.29, 1.82) is 0 Å². The molecular weight excluding hydrogens is 306 g/mol. The monoisotopic (exact) mass is 310 g/mol. The predicted molar refractivity (Wildman–Crippen MR) is 66.7 cm³/mol. The van der Waals surface area contributed by atoms with Crippen LogP contribution in [0.3, 0.4) is 0 Å². The topological polar surface area (TPSA) is 34.1 Å². The molecule has 0 aromatic carbocycles. The molecule has 0 aliphatic heterocycles. The van der Waals surface area contributed by atoms with E-state index in [0.717, 1.165) is 0 Å². The van der Waals surface area contributed by atoms with Crippen molar-refractivity contribution in [3.05, 3.63) is 22.2 Å². The molecule has 1 saturated carbocycles. The Morgan fingerprint density at radius 3 is 1.65 bits per heavy atom. The molecule has 0 heterocycles. The first kappa shape index (κ1) is 12.0. The Kier molecular flexibility index (Phi) is 2.33. The van der Waals surface area contributed by atoms with E-state index in [1.165, 1.54) is 12.2 Å². The van der Waals surface area contributed by atoms with Crippen LogP contribution < -0.4 is 0 Å². The van der Waals surface area contributed by atoms with Gasteiger partial charge in [-0.3, -0.25) is 9.59 Å². The highest BCUT2D eigenvalue weighted by Gasteiger charge is 2.72. The van der Waals surface area contributed by atoms with Crippen LogP contribution >= 0.6 is 46.4 Å². The molecule has 0 N–H and O–H groups in total. The van der Waals surface area contributed by atoms with Gasteiger partial charge in [0, 0.05) is 0 Å². The van der Waals surface area contributed by atoms with E-state index in [9.17, 15) is 9.59 Å². The normalized spacial score (nSPS) is 48.0. The second-order valence-electron chi connectivity index (χ2n) is 4.62. The van der Waals surface area contributed by atoms with Crippen LogP contribution in [0.15, 0.2) is 22.2 Å². The summed E-state index contributed by atoms with van der Waals surface area (Å²) < 4.78 is 0. The largest absolute Gasteiger partial charge is 0.294 e. The fraction of sp³-hybridized carbons (Fsp3) is 0.455. The molecule has 0 amide bonds. The minimum atomic E-state index is -1.12. The Bertz CT molecular complexity index is 480. The van der Waals surface area contributed by atoms with Gasteiger partial charge in [0.2, 0.25) is 0 Å². The predicted octanol–water partition coefficient (Wildman–Crippen LogP) is 2.99. The minimum absolute atomic E-state index is 0.202. The summed E-state index contributed by atoms with van der Waals surface area (Å²) in [4.78, 5) is 21.6. The molecule has 2 nitrogen and oxygen atoms in total. The van der Waals surface area contributed by atoms with Crippen LogP contribution in [0.5, 0.6) is 0 Å². The summed E-state index contributed by atoms with van der Waals surface area (Å²) in [7, 11) is 0. The van der Waals surface area contributed by atoms with E-state index in [0.29, 0.717) is 0 Å². The number of alkyl halides is 2. The Morgan fingerprint density at radius 1 is 0.941 bits per heavy atom. The van der Waals surface area contributed by atoms with E-state index >= 15 is 0 Å². The van der Waals surface area contributed by atoms with E-state index in [1.807, 2.05) is 0 Å². The molecule has 3 rings (SSSR count). The summed E-state index contributed by atoms with van der Waals surface area (Å²) in [6, 6.07) is 0. The fourth-order valence-corrected chi connectivity index (χ4v) is 5.02. The Morgan fingerprint density at radius 2 is 1.29 bits per heavy atom. The van der Waals surface area contributed by atoms with Crippen molar-refractivity contribution >= 4 is 58.0 Å². The van der Waals surface area contributed by atoms with Crippen molar-refractivity contribution in [3.63, 3.8) is 0 Å². The lowest BCUT2D eigenvalue weighted by atomic mass is 9.74. The Hall–Kier alpha value is -0.0200. The minimum Gasteiger partial charge on any atom is -0.294 e. The maximum absolute atomic E-state index is 11.9. The molecule has 0 spiro atoms. The molecule has 90 valence electrons. The quantitative estimate of drug-likeness (QED) is 0.645. The van der Waals surface area contributed by atoms with E-state index in [-0.39, 0.29) is 28.1 Å². The second kappa shape index (κ2) is 3.30. The highest BCUT2D eigenvalue weighted by Crippen LogP contribution is 2.68. The lowest BCUT2D eigenvalue weighted by Crippen LogP contribution is -2.46. The van der Waals surface area contributed by atoms with Crippen LogP contribution in [0.1, 0.15) is 6.42 Å². The SMILES string of the molecule is O=C1C=CC(=O)[C@H]2[C@@H]1[C@]1(Cl)C[C@@]2(Cl)C(Cl)=C1Cl. The number of carbonyl (C=O) groups excluding carboxylic acids is 2. The van der Waals surface area contributed by atoms with Gasteiger partial charge in [0.15, 0.2) is 11.6 Å². The van der Waals surface area contributed by atoms with Gasteiger partial charge in [0.05, 0.1) is 31.6 Å². The van der Waals surface area contributed by atoms with Gasteiger partial charge in [-0.1, -0.05) is 23.2 Å². The summed E-state index contributed by atoms with van der Waals surface area (Å²) >= 11 is 24.9. The van der Waals surface area contributed by atoms with Gasteiger partial charge in [-0.05, 0) is 18.6 Å². The van der Waals surface area contributed by atoms with E-state index < -0.39 is 21.6 Å². The molecule has 6 heteroatoms. The zero-order valence-corrected chi connectivity index (χ0v) is 11.4. The van der Waals surface area contributed by atoms with Crippen molar-refractivity contribution in [3.8, 4) is 0 Å². The Balaban J connectivity index is 2.26. The second-order valence-corrected chi connectivity index (χ2v) is 6.73. The van der Waals surface area contributed by atoms with Crippen LogP contribution in [-0.2, 0) is 9.59 Å². The fourth-order valence-electron chi connectivity index (χ4n) is 3.07. The number of hydrogen-bond acceptors (Lipinski definition) is 2. The lowest BCUT2D eigenvalue weighted by Gasteiger charge is -2.36. The van der Waals surface area contributed by atoms with Crippen molar-refractivity contribution in [2.75, 3.05) is 0 Å². The average Bonchev–Trinajstić information content (AvgIpc) is 2.61. The number of rotatable bonds is 0. The van der Waals surface area contributed by atoms with Crippen molar-refractivity contribution in [1.82, 2.24) is 0 Å². The van der Waals surface area contributed by atoms with Crippen LogP contribution in [0, 0.1) is 11.8 Å². The summed E-state index contributed by atoms with van der Waals surface area (Å²) in [6.45, 7) is 0. The highest BCUT2D eigenvalue weighted by molar-refractivity contribution is 6.52. The molecular formula is C11H6Cl4O2. The van der Waals surface area contributed by atoms with Gasteiger partial charge in [0.25, 0.3) is 0 Å². The van der Waals surface area contributed by atoms with E-state index in [2.05, 4.69) is 0 Å². The number of fused-ring (bicyclic) bond motifs is 5. The van der Waals surface area contributed by atoms with Gasteiger partial charge in [0.1, 0.15) is 0 Å². The first-order valence-corrected chi connectivity index (χ1v) is 6.53. The van der Waals surface area contributed by atoms with Gasteiger partial charge in [-0.15, -0.1) is 23.2 Å². The maximum Gasteiger partial charge on any atom is 0.161 e. The molecule has 2 bridgehead atoms. The molecule has 17 heavy (non-hydrogen) atoms. The number of ketones is 2. The third kappa shape index (κ3) is 1.20. The standard InChI is InChI=1S/C11H6Cl4O2/c12-8-9(13)11(15)3-10(8,14)6-4(16)1-2-5(17)7(6)11/h1-2,6-7H,3H2/t6-,7+,10-,11+. The summed E-state index contributed by atoms with van der Waals surface area (Å²) in [6.07, 6.45) is 2.70. The first-order valence-electron chi connectivity index (χ1n) is 5.02. The van der Waals surface area contributed by atoms with Crippen LogP contribution in [0.2, 0.25) is 0 Å². The molecule has 0 unspecified atom stereocenters. The van der Waals surface area contributed by atoms with Gasteiger partial charge in [-0.2, -0.15) is 0 Å². The van der Waals surface area contributed by atoms with E-state index in [4.69, 9.17) is 46.4 Å². The number of halogens is 4. The molecule has 0 aromatic heterocycles. The number of carbonyl (C=O) groups is 2. The van der Waals surface area contributed by atoms with Gasteiger partial charge in [-0.25, -0.2) is 0 Å². The number of allylic oxidation sites excluding steroid dienone is 4. The van der Waals surface area contributed by atoms with E-state index in [1.54, 1.807) is 0 Å². The molecule has 0 aromatic rings.